The number of carbonyl (C=O) groups excluding carboxylic acids is 1. The minimum absolute atomic E-state index is 0.172. The lowest BCUT2D eigenvalue weighted by Crippen LogP contribution is -2.26. The molecule has 0 unspecified atom stereocenters. The maximum Gasteiger partial charge on any atom is 0.276 e. The predicted octanol–water partition coefficient (Wildman–Crippen LogP) is 3.25. The van der Waals surface area contributed by atoms with Crippen LogP contribution in [0.2, 0.25) is 5.02 Å². The summed E-state index contributed by atoms with van der Waals surface area (Å²) in [5, 5.41) is 8.68. The van der Waals surface area contributed by atoms with Gasteiger partial charge in [0.15, 0.2) is 5.69 Å². The van der Waals surface area contributed by atoms with Gasteiger partial charge in [-0.2, -0.15) is 0 Å². The van der Waals surface area contributed by atoms with Crippen LogP contribution in [0.25, 0.3) is 0 Å². The number of aromatic nitrogens is 3. The Balaban J connectivity index is 1.66. The van der Waals surface area contributed by atoms with E-state index in [-0.39, 0.29) is 5.91 Å². The lowest BCUT2D eigenvalue weighted by atomic mass is 10.2. The Morgan fingerprint density at radius 3 is 2.62 bits per heavy atom. The fourth-order valence-corrected chi connectivity index (χ4v) is 2.63. The monoisotopic (exact) mass is 340 g/mol. The lowest BCUT2D eigenvalue weighted by Gasteiger charge is -2.15. The van der Waals surface area contributed by atoms with Gasteiger partial charge in [-0.3, -0.25) is 4.79 Å². The van der Waals surface area contributed by atoms with Crippen LogP contribution in [0.3, 0.4) is 0 Å². The first-order chi connectivity index (χ1) is 11.6. The number of carbonyl (C=O) groups is 1. The van der Waals surface area contributed by atoms with Crippen LogP contribution < -0.4 is 0 Å². The maximum atomic E-state index is 12.5. The van der Waals surface area contributed by atoms with Crippen LogP contribution in [0.4, 0.5) is 0 Å². The Bertz CT molecular complexity index is 832. The zero-order valence-electron chi connectivity index (χ0n) is 13.3. The van der Waals surface area contributed by atoms with Crippen molar-refractivity contribution in [2.24, 2.45) is 0 Å². The van der Waals surface area contributed by atoms with Crippen LogP contribution in [-0.4, -0.2) is 32.8 Å². The SMILES string of the molecule is CN(Cc1cccc(Cl)c1)C(=O)c1cn(Cc2ccccc2)nn1. The Hall–Kier alpha value is -2.66. The first-order valence-electron chi connectivity index (χ1n) is 7.56. The highest BCUT2D eigenvalue weighted by Gasteiger charge is 2.16. The minimum Gasteiger partial charge on any atom is -0.336 e. The van der Waals surface area contributed by atoms with E-state index in [1.165, 1.54) is 0 Å². The molecule has 24 heavy (non-hydrogen) atoms. The molecule has 5 nitrogen and oxygen atoms in total. The number of halogens is 1. The van der Waals surface area contributed by atoms with Gasteiger partial charge >= 0.3 is 0 Å². The number of hydrogen-bond acceptors (Lipinski definition) is 3. The number of amides is 1. The fourth-order valence-electron chi connectivity index (χ4n) is 2.42. The molecule has 0 bridgehead atoms. The number of rotatable bonds is 5. The van der Waals surface area contributed by atoms with Crippen molar-refractivity contribution in [3.63, 3.8) is 0 Å². The molecular weight excluding hydrogens is 324 g/mol. The summed E-state index contributed by atoms with van der Waals surface area (Å²) in [4.78, 5) is 14.1. The summed E-state index contributed by atoms with van der Waals surface area (Å²) in [5.41, 5.74) is 2.40. The molecule has 0 saturated heterocycles. The van der Waals surface area contributed by atoms with Crippen LogP contribution in [0, 0.1) is 0 Å². The summed E-state index contributed by atoms with van der Waals surface area (Å²) in [5.74, 6) is -0.172. The van der Waals surface area contributed by atoms with Gasteiger partial charge in [0.05, 0.1) is 12.7 Å². The summed E-state index contributed by atoms with van der Waals surface area (Å²) in [6.07, 6.45) is 1.67. The van der Waals surface area contributed by atoms with Crippen molar-refractivity contribution < 1.29 is 4.79 Å². The van der Waals surface area contributed by atoms with Crippen LogP contribution >= 0.6 is 11.6 Å². The predicted molar refractivity (Wildman–Crippen MR) is 92.8 cm³/mol. The number of benzene rings is 2. The molecule has 3 aromatic rings. The van der Waals surface area contributed by atoms with Gasteiger partial charge in [0, 0.05) is 18.6 Å². The third kappa shape index (κ3) is 4.00. The van der Waals surface area contributed by atoms with Crippen molar-refractivity contribution >= 4 is 17.5 Å². The fraction of sp³-hybridized carbons (Fsp3) is 0.167. The highest BCUT2D eigenvalue weighted by Crippen LogP contribution is 2.13. The van der Waals surface area contributed by atoms with Gasteiger partial charge in [-0.15, -0.1) is 5.10 Å². The van der Waals surface area contributed by atoms with E-state index in [2.05, 4.69) is 10.3 Å². The van der Waals surface area contributed by atoms with Gasteiger partial charge in [0.1, 0.15) is 0 Å². The summed E-state index contributed by atoms with van der Waals surface area (Å²) in [6, 6.07) is 17.4. The average molecular weight is 341 g/mol. The molecule has 1 heterocycles. The van der Waals surface area contributed by atoms with Gasteiger partial charge in [-0.25, -0.2) is 4.68 Å². The second kappa shape index (κ2) is 7.27. The number of hydrogen-bond donors (Lipinski definition) is 0. The largest absolute Gasteiger partial charge is 0.336 e. The first-order valence-corrected chi connectivity index (χ1v) is 7.93. The van der Waals surface area contributed by atoms with E-state index < -0.39 is 0 Å². The summed E-state index contributed by atoms with van der Waals surface area (Å²) >= 11 is 5.98. The van der Waals surface area contributed by atoms with Crippen molar-refractivity contribution in [2.45, 2.75) is 13.1 Å². The third-order valence-corrected chi connectivity index (χ3v) is 3.84. The van der Waals surface area contributed by atoms with Gasteiger partial charge in [0.25, 0.3) is 5.91 Å². The molecule has 0 fully saturated rings. The van der Waals surface area contributed by atoms with Gasteiger partial charge in [-0.1, -0.05) is 59.3 Å². The standard InChI is InChI=1S/C18H17ClN4O/c1-22(11-15-8-5-9-16(19)10-15)18(24)17-13-23(21-20-17)12-14-6-3-2-4-7-14/h2-10,13H,11-12H2,1H3. The van der Waals surface area contributed by atoms with E-state index in [1.54, 1.807) is 22.8 Å². The van der Waals surface area contributed by atoms with Crippen LogP contribution in [0.15, 0.2) is 60.8 Å². The van der Waals surface area contributed by atoms with Crippen molar-refractivity contribution in [1.82, 2.24) is 19.9 Å². The van der Waals surface area contributed by atoms with E-state index in [1.807, 2.05) is 54.6 Å². The summed E-state index contributed by atoms with van der Waals surface area (Å²) in [7, 11) is 1.74. The van der Waals surface area contributed by atoms with Gasteiger partial charge in [0.2, 0.25) is 0 Å². The molecule has 1 amide bonds. The van der Waals surface area contributed by atoms with E-state index in [9.17, 15) is 4.79 Å². The Morgan fingerprint density at radius 1 is 1.12 bits per heavy atom. The molecule has 6 heteroatoms. The van der Waals surface area contributed by atoms with Crippen LogP contribution in [-0.2, 0) is 13.1 Å². The van der Waals surface area contributed by atoms with Crippen LogP contribution in [0.1, 0.15) is 21.6 Å². The summed E-state index contributed by atoms with van der Waals surface area (Å²) < 4.78 is 1.66. The minimum atomic E-state index is -0.172. The maximum absolute atomic E-state index is 12.5. The van der Waals surface area contributed by atoms with Crippen molar-refractivity contribution in [3.05, 3.63) is 82.6 Å². The first kappa shape index (κ1) is 16.2. The van der Waals surface area contributed by atoms with Gasteiger partial charge in [-0.05, 0) is 23.3 Å². The molecule has 0 N–H and O–H groups in total. The van der Waals surface area contributed by atoms with Crippen LogP contribution in [0.5, 0.6) is 0 Å². The van der Waals surface area contributed by atoms with Crippen molar-refractivity contribution in [2.75, 3.05) is 7.05 Å². The quantitative estimate of drug-likeness (QED) is 0.716. The van der Waals surface area contributed by atoms with E-state index in [0.29, 0.717) is 23.8 Å². The molecule has 0 radical (unpaired) electrons. The summed E-state index contributed by atoms with van der Waals surface area (Å²) in [6.45, 7) is 1.05. The number of nitrogens with zero attached hydrogens (tertiary/aromatic N) is 4. The van der Waals surface area contributed by atoms with Crippen molar-refractivity contribution in [3.8, 4) is 0 Å². The molecule has 122 valence electrons. The Morgan fingerprint density at radius 2 is 1.88 bits per heavy atom. The van der Waals surface area contributed by atoms with Crippen molar-refractivity contribution in [1.29, 1.82) is 0 Å². The zero-order chi connectivity index (χ0) is 16.9. The molecule has 0 spiro atoms. The molecule has 0 aliphatic heterocycles. The second-order valence-corrected chi connectivity index (χ2v) is 6.01. The third-order valence-electron chi connectivity index (χ3n) is 3.60. The van der Waals surface area contributed by atoms with E-state index in [4.69, 9.17) is 11.6 Å². The van der Waals surface area contributed by atoms with E-state index >= 15 is 0 Å². The Labute approximate surface area is 145 Å². The Kier molecular flexibility index (Phi) is 4.91. The molecular formula is C18H17ClN4O. The smallest absolute Gasteiger partial charge is 0.276 e. The molecule has 0 atom stereocenters. The van der Waals surface area contributed by atoms with E-state index in [0.717, 1.165) is 11.1 Å². The molecule has 0 saturated carbocycles. The molecule has 1 aromatic heterocycles. The topological polar surface area (TPSA) is 51.0 Å². The lowest BCUT2D eigenvalue weighted by molar-refractivity contribution is 0.0779. The van der Waals surface area contributed by atoms with Gasteiger partial charge < -0.3 is 4.90 Å². The molecule has 0 aliphatic rings. The average Bonchev–Trinajstić information content (AvgIpc) is 3.03. The normalized spacial score (nSPS) is 10.6. The molecule has 3 rings (SSSR count). The second-order valence-electron chi connectivity index (χ2n) is 5.58. The zero-order valence-corrected chi connectivity index (χ0v) is 14.0. The molecule has 2 aromatic carbocycles. The highest BCUT2D eigenvalue weighted by molar-refractivity contribution is 6.30. The molecule has 0 aliphatic carbocycles. The highest BCUT2D eigenvalue weighted by atomic mass is 35.5.